The van der Waals surface area contributed by atoms with Crippen molar-refractivity contribution in [2.24, 2.45) is 0 Å². The lowest BCUT2D eigenvalue weighted by Gasteiger charge is -2.22. The van der Waals surface area contributed by atoms with Crippen molar-refractivity contribution in [3.63, 3.8) is 0 Å². The summed E-state index contributed by atoms with van der Waals surface area (Å²) in [4.78, 5) is 39.1. The van der Waals surface area contributed by atoms with E-state index in [0.717, 1.165) is 13.2 Å². The Bertz CT molecular complexity index is 1200. The number of hydrogen-bond donors (Lipinski definition) is 1. The van der Waals surface area contributed by atoms with Crippen molar-refractivity contribution in [1.82, 2.24) is 9.66 Å². The van der Waals surface area contributed by atoms with E-state index in [1.807, 2.05) is 4.98 Å². The highest BCUT2D eigenvalue weighted by Crippen LogP contribution is 2.38. The Morgan fingerprint density at radius 1 is 1.27 bits per heavy atom. The number of H-pyrrole nitrogens is 1. The summed E-state index contributed by atoms with van der Waals surface area (Å²) in [6.45, 7) is 1.56. The van der Waals surface area contributed by atoms with E-state index in [9.17, 15) is 36.0 Å². The fourth-order valence-corrected chi connectivity index (χ4v) is 3.70. The molecule has 30 heavy (non-hydrogen) atoms. The third-order valence-electron chi connectivity index (χ3n) is 4.18. The normalized spacial score (nSPS) is 13.3. The number of halogens is 3. The number of aromatic amines is 1. The number of ether oxygens (including phenoxy) is 2. The number of methoxy groups -OCH3 is 2. The third-order valence-corrected chi connectivity index (χ3v) is 5.12. The number of benzene rings is 1. The fourth-order valence-electron chi connectivity index (χ4n) is 2.91. The average molecular weight is 453 g/mol. The van der Waals surface area contributed by atoms with E-state index in [2.05, 4.69) is 4.74 Å². The molecule has 0 spiro atoms. The standard InChI is InChI=1S/C16H18F3N3O7S/c1-5-12(28-2)8-6-9-11(7-10(8)16(17,18)19)20-14(24)21(13(9)23)22(15(25)29-3)30(4,26)27/h6-7,12H,5H2,1-4H3,(H,20,24). The molecule has 1 unspecified atom stereocenters. The molecular formula is C16H18F3N3O7S. The Hall–Kier alpha value is -2.87. The monoisotopic (exact) mass is 453 g/mol. The van der Waals surface area contributed by atoms with Crippen LogP contribution in [0.5, 0.6) is 0 Å². The summed E-state index contributed by atoms with van der Waals surface area (Å²) < 4.78 is 73.7. The number of aromatic nitrogens is 2. The first-order valence-corrected chi connectivity index (χ1v) is 10.1. The molecule has 0 saturated carbocycles. The Kier molecular flexibility index (Phi) is 6.32. The molecule has 0 aliphatic carbocycles. The highest BCUT2D eigenvalue weighted by molar-refractivity contribution is 7.92. The topological polar surface area (TPSA) is 128 Å². The number of hydrogen-bond acceptors (Lipinski definition) is 7. The van der Waals surface area contributed by atoms with Crippen LogP contribution in [0.4, 0.5) is 18.0 Å². The highest BCUT2D eigenvalue weighted by Gasteiger charge is 2.37. The van der Waals surface area contributed by atoms with Gasteiger partial charge in [0.15, 0.2) is 0 Å². The van der Waals surface area contributed by atoms with Crippen LogP contribution in [-0.2, 0) is 25.7 Å². The molecule has 0 radical (unpaired) electrons. The summed E-state index contributed by atoms with van der Waals surface area (Å²) in [6, 6.07) is 1.41. The second-order valence-corrected chi connectivity index (χ2v) is 7.95. The van der Waals surface area contributed by atoms with Crippen LogP contribution in [-0.4, -0.2) is 44.6 Å². The summed E-state index contributed by atoms with van der Waals surface area (Å²) in [5.41, 5.74) is -4.82. The van der Waals surface area contributed by atoms with Gasteiger partial charge in [-0.2, -0.15) is 13.2 Å². The van der Waals surface area contributed by atoms with Crippen LogP contribution in [0.25, 0.3) is 10.9 Å². The van der Waals surface area contributed by atoms with Crippen LogP contribution >= 0.6 is 0 Å². The molecule has 1 aromatic carbocycles. The van der Waals surface area contributed by atoms with E-state index in [1.165, 1.54) is 7.11 Å². The van der Waals surface area contributed by atoms with Gasteiger partial charge in [-0.1, -0.05) is 11.3 Å². The van der Waals surface area contributed by atoms with Gasteiger partial charge in [0, 0.05) is 7.11 Å². The quantitative estimate of drug-likeness (QED) is 0.726. The van der Waals surface area contributed by atoms with Crippen LogP contribution in [0.15, 0.2) is 21.7 Å². The van der Waals surface area contributed by atoms with E-state index < -0.39 is 56.1 Å². The number of carbonyl (C=O) groups excluding carboxylic acids is 1. The maximum absolute atomic E-state index is 13.5. The molecule has 10 nitrogen and oxygen atoms in total. The lowest BCUT2D eigenvalue weighted by atomic mass is 9.97. The van der Waals surface area contributed by atoms with Gasteiger partial charge in [-0.05, 0) is 24.1 Å². The van der Waals surface area contributed by atoms with Crippen molar-refractivity contribution >= 4 is 27.0 Å². The number of nitrogens with one attached hydrogen (secondary N) is 1. The first kappa shape index (κ1) is 23.4. The molecule has 0 saturated heterocycles. The summed E-state index contributed by atoms with van der Waals surface area (Å²) in [6.07, 6.45) is -6.78. The minimum absolute atomic E-state index is 0.0612. The summed E-state index contributed by atoms with van der Waals surface area (Å²) in [5.74, 6) is 0. The zero-order valence-electron chi connectivity index (χ0n) is 16.2. The smallest absolute Gasteiger partial charge is 0.443 e. The molecule has 0 aliphatic heterocycles. The van der Waals surface area contributed by atoms with E-state index in [1.54, 1.807) is 6.92 Å². The molecule has 1 atom stereocenters. The van der Waals surface area contributed by atoms with Crippen molar-refractivity contribution < 1.29 is 35.9 Å². The van der Waals surface area contributed by atoms with Crippen LogP contribution in [0.3, 0.4) is 0 Å². The summed E-state index contributed by atoms with van der Waals surface area (Å²) in [7, 11) is -2.51. The SMILES string of the molecule is CCC(OC)c1cc2c(=O)n(N(C(=O)OC)S(C)(=O)=O)c(=O)[nH]c2cc1C(F)(F)F. The van der Waals surface area contributed by atoms with Crippen molar-refractivity contribution in [2.75, 3.05) is 24.9 Å². The summed E-state index contributed by atoms with van der Waals surface area (Å²) >= 11 is 0. The number of carbonyl (C=O) groups is 1. The molecule has 14 heteroatoms. The molecule has 2 rings (SSSR count). The number of fused-ring (bicyclic) bond motifs is 1. The molecule has 1 amide bonds. The first-order valence-electron chi connectivity index (χ1n) is 8.29. The van der Waals surface area contributed by atoms with Gasteiger partial charge < -0.3 is 14.5 Å². The predicted molar refractivity (Wildman–Crippen MR) is 99.3 cm³/mol. The Balaban J connectivity index is 3.01. The second-order valence-electron chi connectivity index (χ2n) is 6.14. The van der Waals surface area contributed by atoms with E-state index >= 15 is 0 Å². The molecule has 2 aromatic rings. The van der Waals surface area contributed by atoms with Crippen molar-refractivity contribution in [3.8, 4) is 0 Å². The van der Waals surface area contributed by atoms with Crippen molar-refractivity contribution in [2.45, 2.75) is 25.6 Å². The lowest BCUT2D eigenvalue weighted by Crippen LogP contribution is -2.55. The van der Waals surface area contributed by atoms with Gasteiger partial charge in [-0.25, -0.2) is 18.0 Å². The maximum atomic E-state index is 13.5. The molecule has 0 aliphatic rings. The van der Waals surface area contributed by atoms with Gasteiger partial charge in [0.1, 0.15) is 0 Å². The van der Waals surface area contributed by atoms with Gasteiger partial charge in [-0.3, -0.25) is 4.79 Å². The minimum atomic E-state index is -4.83. The van der Waals surface area contributed by atoms with Gasteiger partial charge in [0.2, 0.25) is 0 Å². The van der Waals surface area contributed by atoms with Gasteiger partial charge >= 0.3 is 18.0 Å². The van der Waals surface area contributed by atoms with E-state index in [4.69, 9.17) is 4.74 Å². The van der Waals surface area contributed by atoms with Crippen LogP contribution in [0.2, 0.25) is 0 Å². The fraction of sp³-hybridized carbons (Fsp3) is 0.438. The van der Waals surface area contributed by atoms with Crippen LogP contribution in [0.1, 0.15) is 30.6 Å². The lowest BCUT2D eigenvalue weighted by molar-refractivity contribution is -0.139. The molecule has 0 bridgehead atoms. The highest BCUT2D eigenvalue weighted by atomic mass is 32.2. The van der Waals surface area contributed by atoms with Gasteiger partial charge in [0.25, 0.3) is 15.6 Å². The molecule has 1 aromatic heterocycles. The molecule has 1 heterocycles. The van der Waals surface area contributed by atoms with E-state index in [0.29, 0.717) is 12.3 Å². The second kappa shape index (κ2) is 8.10. The molecule has 166 valence electrons. The zero-order valence-corrected chi connectivity index (χ0v) is 17.0. The van der Waals surface area contributed by atoms with Crippen LogP contribution in [0, 0.1) is 0 Å². The van der Waals surface area contributed by atoms with Crippen molar-refractivity contribution in [3.05, 3.63) is 44.1 Å². The zero-order chi connectivity index (χ0) is 23.0. The molecule has 1 N–H and O–H groups in total. The molecule has 0 fully saturated rings. The Morgan fingerprint density at radius 2 is 1.87 bits per heavy atom. The van der Waals surface area contributed by atoms with E-state index in [-0.39, 0.29) is 21.1 Å². The van der Waals surface area contributed by atoms with Gasteiger partial charge in [0.05, 0.1) is 35.9 Å². The minimum Gasteiger partial charge on any atom is -0.451 e. The third kappa shape index (κ3) is 4.18. The number of nitrogens with zero attached hydrogens (tertiary/aromatic N) is 2. The first-order chi connectivity index (χ1) is 13.8. The predicted octanol–water partition coefficient (Wildman–Crippen LogP) is 1.47. The number of sulfonamides is 1. The average Bonchev–Trinajstić information content (AvgIpc) is 2.63. The maximum Gasteiger partial charge on any atom is 0.443 e. The number of amides is 1. The number of alkyl halides is 3. The van der Waals surface area contributed by atoms with Crippen molar-refractivity contribution in [1.29, 1.82) is 0 Å². The molecular weight excluding hydrogens is 435 g/mol. The Morgan fingerprint density at radius 3 is 2.30 bits per heavy atom. The number of rotatable bonds is 5. The largest absolute Gasteiger partial charge is 0.451 e. The Labute approximate surface area is 167 Å². The summed E-state index contributed by atoms with van der Waals surface area (Å²) in [5, 5.41) is -0.467. The van der Waals surface area contributed by atoms with Gasteiger partial charge in [-0.15, -0.1) is 4.68 Å². The van der Waals surface area contributed by atoms with Crippen LogP contribution < -0.4 is 15.7 Å².